The van der Waals surface area contributed by atoms with Gasteiger partial charge < -0.3 is 9.85 Å². The minimum Gasteiger partial charge on any atom is -0.632 e. The first-order chi connectivity index (χ1) is 6.72. The second-order valence-corrected chi connectivity index (χ2v) is 4.19. The molecule has 0 aromatic heterocycles. The van der Waals surface area contributed by atoms with Crippen LogP contribution in [0.1, 0.15) is 31.4 Å². The Kier molecular flexibility index (Phi) is 2.57. The first-order valence-corrected chi connectivity index (χ1v) is 5.35. The van der Waals surface area contributed by atoms with E-state index in [9.17, 15) is 5.21 Å². The minimum absolute atomic E-state index is 0.0238. The van der Waals surface area contributed by atoms with Gasteiger partial charge in [0.05, 0.1) is 13.1 Å². The molecule has 1 aromatic rings. The molecule has 2 rings (SSSR count). The third-order valence-electron chi connectivity index (χ3n) is 3.31. The van der Waals surface area contributed by atoms with Crippen molar-refractivity contribution in [2.24, 2.45) is 0 Å². The van der Waals surface area contributed by atoms with E-state index in [1.807, 2.05) is 25.1 Å². The smallest absolute Gasteiger partial charge is 0.111 e. The number of hydroxylamine groups is 3. The molecule has 0 N–H and O–H groups in total. The van der Waals surface area contributed by atoms with Gasteiger partial charge in [-0.15, -0.1) is 0 Å². The number of likely N-dealkylation sites (tertiary alicyclic amines) is 1. The van der Waals surface area contributed by atoms with Gasteiger partial charge in [0.15, 0.2) is 0 Å². The number of benzene rings is 1. The summed E-state index contributed by atoms with van der Waals surface area (Å²) in [6, 6.07) is 10.2. The van der Waals surface area contributed by atoms with E-state index in [1.54, 1.807) is 0 Å². The number of quaternary nitrogens is 1. The second-order valence-electron chi connectivity index (χ2n) is 4.19. The highest BCUT2D eigenvalue weighted by Gasteiger charge is 2.29. The lowest BCUT2D eigenvalue weighted by Crippen LogP contribution is -2.41. The molecular weight excluding hydrogens is 174 g/mol. The largest absolute Gasteiger partial charge is 0.632 e. The summed E-state index contributed by atoms with van der Waals surface area (Å²) in [6.45, 7) is 3.62. The van der Waals surface area contributed by atoms with Crippen molar-refractivity contribution in [1.29, 1.82) is 0 Å². The number of hydrogen-bond donors (Lipinski definition) is 0. The molecule has 1 aliphatic heterocycles. The zero-order valence-corrected chi connectivity index (χ0v) is 8.65. The Morgan fingerprint density at radius 2 is 1.71 bits per heavy atom. The fraction of sp³-hybridized carbons (Fsp3) is 0.500. The van der Waals surface area contributed by atoms with Crippen LogP contribution >= 0.6 is 0 Å². The number of nitrogens with zero attached hydrogens (tertiary/aromatic N) is 1. The van der Waals surface area contributed by atoms with Crippen LogP contribution in [0.2, 0.25) is 0 Å². The summed E-state index contributed by atoms with van der Waals surface area (Å²) in [5.74, 6) is 0. The van der Waals surface area contributed by atoms with Gasteiger partial charge in [-0.3, -0.25) is 0 Å². The Morgan fingerprint density at radius 3 is 2.29 bits per heavy atom. The van der Waals surface area contributed by atoms with Crippen LogP contribution in [-0.4, -0.2) is 17.7 Å². The Hall–Kier alpha value is -0.860. The first-order valence-electron chi connectivity index (χ1n) is 5.35. The summed E-state index contributed by atoms with van der Waals surface area (Å²) >= 11 is 0. The van der Waals surface area contributed by atoms with Crippen molar-refractivity contribution in [1.82, 2.24) is 0 Å². The number of hydrogen-bond acceptors (Lipinski definition) is 1. The van der Waals surface area contributed by atoms with Gasteiger partial charge in [-0.25, -0.2) is 0 Å². The van der Waals surface area contributed by atoms with Crippen molar-refractivity contribution in [3.8, 4) is 0 Å². The van der Waals surface area contributed by atoms with E-state index in [2.05, 4.69) is 12.1 Å². The fourth-order valence-electron chi connectivity index (χ4n) is 2.26. The standard InChI is InChI=1S/C12H17NO/c1-11(12-7-3-2-4-8-12)13(14)9-5-6-10-13/h2-4,7-8,11H,5-6,9-10H2,1H3. The molecule has 0 spiro atoms. The molecule has 2 nitrogen and oxygen atoms in total. The number of rotatable bonds is 2. The lowest BCUT2D eigenvalue weighted by Gasteiger charge is -2.44. The third-order valence-corrected chi connectivity index (χ3v) is 3.31. The van der Waals surface area contributed by atoms with Crippen molar-refractivity contribution in [2.45, 2.75) is 25.8 Å². The maximum atomic E-state index is 12.3. The van der Waals surface area contributed by atoms with Crippen molar-refractivity contribution in [3.05, 3.63) is 41.1 Å². The van der Waals surface area contributed by atoms with Crippen molar-refractivity contribution in [2.75, 3.05) is 13.1 Å². The Labute approximate surface area is 85.3 Å². The van der Waals surface area contributed by atoms with E-state index in [0.29, 0.717) is 0 Å². The second kappa shape index (κ2) is 3.71. The molecule has 1 fully saturated rings. The Morgan fingerprint density at radius 1 is 1.14 bits per heavy atom. The molecule has 1 aliphatic rings. The molecule has 0 radical (unpaired) electrons. The highest BCUT2D eigenvalue weighted by atomic mass is 16.5. The zero-order valence-electron chi connectivity index (χ0n) is 8.65. The molecule has 1 unspecified atom stereocenters. The quantitative estimate of drug-likeness (QED) is 0.520. The normalized spacial score (nSPS) is 22.1. The van der Waals surface area contributed by atoms with E-state index in [1.165, 1.54) is 5.56 Å². The van der Waals surface area contributed by atoms with E-state index in [0.717, 1.165) is 25.9 Å². The first kappa shape index (κ1) is 9.69. The van der Waals surface area contributed by atoms with Crippen molar-refractivity contribution in [3.63, 3.8) is 0 Å². The Bertz CT molecular complexity index is 290. The lowest BCUT2D eigenvalue weighted by molar-refractivity contribution is -0.897. The van der Waals surface area contributed by atoms with Crippen LogP contribution in [0.5, 0.6) is 0 Å². The van der Waals surface area contributed by atoms with Gasteiger partial charge in [-0.05, 0) is 6.92 Å². The highest BCUT2D eigenvalue weighted by molar-refractivity contribution is 5.17. The fourth-order valence-corrected chi connectivity index (χ4v) is 2.26. The van der Waals surface area contributed by atoms with Crippen LogP contribution in [0.4, 0.5) is 0 Å². The molecule has 1 saturated heterocycles. The van der Waals surface area contributed by atoms with E-state index in [4.69, 9.17) is 0 Å². The van der Waals surface area contributed by atoms with Gasteiger partial charge >= 0.3 is 0 Å². The molecule has 76 valence electrons. The molecule has 1 heterocycles. The molecule has 1 atom stereocenters. The van der Waals surface area contributed by atoms with Crippen LogP contribution in [0.25, 0.3) is 0 Å². The summed E-state index contributed by atoms with van der Waals surface area (Å²) in [5.41, 5.74) is 1.17. The summed E-state index contributed by atoms with van der Waals surface area (Å²) in [7, 11) is 0. The highest BCUT2D eigenvalue weighted by Crippen LogP contribution is 2.31. The monoisotopic (exact) mass is 191 g/mol. The summed E-state index contributed by atoms with van der Waals surface area (Å²) in [4.78, 5) is 0. The van der Waals surface area contributed by atoms with E-state index < -0.39 is 0 Å². The van der Waals surface area contributed by atoms with Crippen molar-refractivity contribution < 1.29 is 4.65 Å². The zero-order chi connectivity index (χ0) is 10.0. The maximum Gasteiger partial charge on any atom is 0.111 e. The van der Waals surface area contributed by atoms with Gasteiger partial charge in [0.2, 0.25) is 0 Å². The Balaban J connectivity index is 2.19. The van der Waals surface area contributed by atoms with Gasteiger partial charge in [0, 0.05) is 18.4 Å². The van der Waals surface area contributed by atoms with E-state index >= 15 is 0 Å². The van der Waals surface area contributed by atoms with Crippen molar-refractivity contribution >= 4 is 0 Å². The van der Waals surface area contributed by atoms with Crippen LogP contribution in [0.15, 0.2) is 30.3 Å². The van der Waals surface area contributed by atoms with Gasteiger partial charge in [0.1, 0.15) is 6.04 Å². The molecule has 0 bridgehead atoms. The average Bonchev–Trinajstić information content (AvgIpc) is 2.67. The summed E-state index contributed by atoms with van der Waals surface area (Å²) in [6.07, 6.45) is 2.17. The summed E-state index contributed by atoms with van der Waals surface area (Å²) < 4.78 is -0.0238. The summed E-state index contributed by atoms with van der Waals surface area (Å²) in [5, 5.41) is 12.3. The lowest BCUT2D eigenvalue weighted by atomic mass is 10.1. The van der Waals surface area contributed by atoms with Gasteiger partial charge in [-0.2, -0.15) is 0 Å². The topological polar surface area (TPSA) is 23.1 Å². The molecular formula is C12H17NO. The van der Waals surface area contributed by atoms with Gasteiger partial charge in [0.25, 0.3) is 0 Å². The van der Waals surface area contributed by atoms with Gasteiger partial charge in [-0.1, -0.05) is 30.3 Å². The minimum atomic E-state index is -0.0238. The van der Waals surface area contributed by atoms with Crippen LogP contribution < -0.4 is 0 Å². The van der Waals surface area contributed by atoms with E-state index in [-0.39, 0.29) is 10.7 Å². The molecule has 0 amide bonds. The molecule has 0 saturated carbocycles. The molecule has 14 heavy (non-hydrogen) atoms. The van der Waals surface area contributed by atoms with Crippen LogP contribution in [0.3, 0.4) is 0 Å². The predicted octanol–water partition coefficient (Wildman–Crippen LogP) is 2.86. The predicted molar refractivity (Wildman–Crippen MR) is 57.5 cm³/mol. The average molecular weight is 191 g/mol. The van der Waals surface area contributed by atoms with Crippen LogP contribution in [0, 0.1) is 5.21 Å². The molecule has 2 heteroatoms. The molecule has 1 aromatic carbocycles. The molecule has 0 aliphatic carbocycles. The SMILES string of the molecule is CC(c1ccccc1)[N+]1([O-])CCCC1. The third kappa shape index (κ3) is 1.68. The van der Waals surface area contributed by atoms with Crippen LogP contribution in [-0.2, 0) is 0 Å². The maximum absolute atomic E-state index is 12.3.